The van der Waals surface area contributed by atoms with Crippen LogP contribution in [0.2, 0.25) is 0 Å². The molecule has 0 bridgehead atoms. The van der Waals surface area contributed by atoms with Gasteiger partial charge >= 0.3 is 0 Å². The zero-order chi connectivity index (χ0) is 18.8. The molecule has 0 atom stereocenters. The summed E-state index contributed by atoms with van der Waals surface area (Å²) in [4.78, 5) is 12.8. The molecule has 0 spiro atoms. The molecule has 1 amide bonds. The molecule has 0 saturated heterocycles. The standard InChI is InChI=1S/C22H20N4O/c1-15(2)26-14-23-25-21(26)19-9-5-6-10-20(19)24-22(27)18-12-11-16-7-3-4-8-17(16)13-18/h3-15H,1-2H3,(H,24,27). The first kappa shape index (κ1) is 17.0. The zero-order valence-electron chi connectivity index (χ0n) is 15.3. The molecule has 4 aromatic rings. The number of aromatic nitrogens is 3. The zero-order valence-corrected chi connectivity index (χ0v) is 15.3. The van der Waals surface area contributed by atoms with Gasteiger partial charge in [-0.15, -0.1) is 10.2 Å². The number of nitrogens with zero attached hydrogens (tertiary/aromatic N) is 3. The van der Waals surface area contributed by atoms with Crippen molar-refractivity contribution in [3.8, 4) is 11.4 Å². The number of rotatable bonds is 4. The first-order valence-corrected chi connectivity index (χ1v) is 8.92. The van der Waals surface area contributed by atoms with Crippen LogP contribution >= 0.6 is 0 Å². The minimum absolute atomic E-state index is 0.149. The third-order valence-electron chi connectivity index (χ3n) is 4.56. The summed E-state index contributed by atoms with van der Waals surface area (Å²) in [6.45, 7) is 4.15. The van der Waals surface area contributed by atoms with Crippen molar-refractivity contribution >= 4 is 22.4 Å². The van der Waals surface area contributed by atoms with Crippen molar-refractivity contribution in [1.29, 1.82) is 0 Å². The van der Waals surface area contributed by atoms with Crippen LogP contribution in [0.15, 0.2) is 73.1 Å². The summed E-state index contributed by atoms with van der Waals surface area (Å²) in [5.74, 6) is 0.586. The Morgan fingerprint density at radius 3 is 2.52 bits per heavy atom. The van der Waals surface area contributed by atoms with E-state index in [1.807, 2.05) is 71.3 Å². The Bertz CT molecular complexity index is 1110. The molecule has 0 radical (unpaired) electrons. The molecule has 134 valence electrons. The van der Waals surface area contributed by atoms with Crippen LogP contribution < -0.4 is 5.32 Å². The van der Waals surface area contributed by atoms with Crippen molar-refractivity contribution in [3.63, 3.8) is 0 Å². The maximum absolute atomic E-state index is 12.8. The van der Waals surface area contributed by atoms with E-state index in [0.29, 0.717) is 11.3 Å². The molecule has 0 aliphatic heterocycles. The highest BCUT2D eigenvalue weighted by Crippen LogP contribution is 2.28. The SMILES string of the molecule is CC(C)n1cnnc1-c1ccccc1NC(=O)c1ccc2ccccc2c1. The summed E-state index contributed by atoms with van der Waals surface area (Å²) in [6, 6.07) is 21.6. The number of amides is 1. The van der Waals surface area contributed by atoms with E-state index in [1.165, 1.54) is 0 Å². The molecule has 1 aromatic heterocycles. The number of benzene rings is 3. The van der Waals surface area contributed by atoms with E-state index in [9.17, 15) is 4.79 Å². The van der Waals surface area contributed by atoms with E-state index >= 15 is 0 Å². The Morgan fingerprint density at radius 2 is 1.70 bits per heavy atom. The van der Waals surface area contributed by atoms with Gasteiger partial charge in [0.15, 0.2) is 5.82 Å². The number of carbonyl (C=O) groups is 1. The van der Waals surface area contributed by atoms with E-state index in [4.69, 9.17) is 0 Å². The first-order chi connectivity index (χ1) is 13.1. The lowest BCUT2D eigenvalue weighted by Gasteiger charge is -2.14. The number of fused-ring (bicyclic) bond motifs is 1. The molecule has 4 rings (SSSR count). The van der Waals surface area contributed by atoms with Crippen LogP contribution in [-0.2, 0) is 0 Å². The number of para-hydroxylation sites is 1. The molecule has 1 N–H and O–H groups in total. The first-order valence-electron chi connectivity index (χ1n) is 8.92. The Hall–Kier alpha value is -3.47. The Morgan fingerprint density at radius 1 is 0.963 bits per heavy atom. The average Bonchev–Trinajstić information content (AvgIpc) is 3.18. The molecule has 0 unspecified atom stereocenters. The fourth-order valence-electron chi connectivity index (χ4n) is 3.13. The van der Waals surface area contributed by atoms with Crippen molar-refractivity contribution in [3.05, 3.63) is 78.6 Å². The molecule has 0 aliphatic rings. The Kier molecular flexibility index (Phi) is 4.42. The van der Waals surface area contributed by atoms with Gasteiger partial charge in [0.2, 0.25) is 0 Å². The molecule has 27 heavy (non-hydrogen) atoms. The summed E-state index contributed by atoms with van der Waals surface area (Å²) in [5, 5.41) is 13.5. The molecular formula is C22H20N4O. The highest BCUT2D eigenvalue weighted by Gasteiger charge is 2.15. The number of anilines is 1. The van der Waals surface area contributed by atoms with Crippen LogP contribution in [0.3, 0.4) is 0 Å². The van der Waals surface area contributed by atoms with Gasteiger partial charge in [-0.25, -0.2) is 0 Å². The summed E-state index contributed by atoms with van der Waals surface area (Å²) < 4.78 is 1.99. The minimum atomic E-state index is -0.149. The summed E-state index contributed by atoms with van der Waals surface area (Å²) >= 11 is 0. The second kappa shape index (κ2) is 7.03. The fourth-order valence-corrected chi connectivity index (χ4v) is 3.13. The van der Waals surface area contributed by atoms with Crippen LogP contribution in [0, 0.1) is 0 Å². The third kappa shape index (κ3) is 3.31. The van der Waals surface area contributed by atoms with Gasteiger partial charge in [-0.1, -0.05) is 42.5 Å². The number of hydrogen-bond donors (Lipinski definition) is 1. The summed E-state index contributed by atoms with van der Waals surface area (Å²) in [7, 11) is 0. The second-order valence-corrected chi connectivity index (χ2v) is 6.72. The van der Waals surface area contributed by atoms with E-state index in [2.05, 4.69) is 29.4 Å². The van der Waals surface area contributed by atoms with Gasteiger partial charge in [-0.2, -0.15) is 0 Å². The lowest BCUT2D eigenvalue weighted by atomic mass is 10.1. The summed E-state index contributed by atoms with van der Waals surface area (Å²) in [5.41, 5.74) is 2.18. The van der Waals surface area contributed by atoms with Crippen LogP contribution in [0.1, 0.15) is 30.2 Å². The lowest BCUT2D eigenvalue weighted by molar-refractivity contribution is 0.102. The van der Waals surface area contributed by atoms with Gasteiger partial charge in [-0.05, 0) is 48.9 Å². The molecular weight excluding hydrogens is 336 g/mol. The normalized spacial score (nSPS) is 11.1. The van der Waals surface area contributed by atoms with Gasteiger partial charge in [0.25, 0.3) is 5.91 Å². The average molecular weight is 356 g/mol. The third-order valence-corrected chi connectivity index (χ3v) is 4.56. The van der Waals surface area contributed by atoms with Gasteiger partial charge < -0.3 is 9.88 Å². The smallest absolute Gasteiger partial charge is 0.255 e. The Balaban J connectivity index is 1.68. The van der Waals surface area contributed by atoms with E-state index in [-0.39, 0.29) is 11.9 Å². The fraction of sp³-hybridized carbons (Fsp3) is 0.136. The monoisotopic (exact) mass is 356 g/mol. The maximum atomic E-state index is 12.8. The topological polar surface area (TPSA) is 59.8 Å². The highest BCUT2D eigenvalue weighted by molar-refractivity contribution is 6.07. The number of carbonyl (C=O) groups excluding carboxylic acids is 1. The van der Waals surface area contributed by atoms with Crippen molar-refractivity contribution in [2.45, 2.75) is 19.9 Å². The van der Waals surface area contributed by atoms with Crippen molar-refractivity contribution < 1.29 is 4.79 Å². The van der Waals surface area contributed by atoms with Crippen LogP contribution in [0.25, 0.3) is 22.2 Å². The molecule has 5 heteroatoms. The lowest BCUT2D eigenvalue weighted by Crippen LogP contribution is -2.13. The largest absolute Gasteiger partial charge is 0.321 e. The van der Waals surface area contributed by atoms with Gasteiger partial charge in [-0.3, -0.25) is 4.79 Å². The molecule has 5 nitrogen and oxygen atoms in total. The van der Waals surface area contributed by atoms with Crippen molar-refractivity contribution in [1.82, 2.24) is 14.8 Å². The molecule has 0 fully saturated rings. The maximum Gasteiger partial charge on any atom is 0.255 e. The minimum Gasteiger partial charge on any atom is -0.321 e. The van der Waals surface area contributed by atoms with Gasteiger partial charge in [0.1, 0.15) is 6.33 Å². The second-order valence-electron chi connectivity index (χ2n) is 6.72. The van der Waals surface area contributed by atoms with E-state index in [1.54, 1.807) is 6.33 Å². The predicted molar refractivity (Wildman–Crippen MR) is 108 cm³/mol. The Labute approximate surface area is 157 Å². The van der Waals surface area contributed by atoms with Crippen LogP contribution in [-0.4, -0.2) is 20.7 Å². The van der Waals surface area contributed by atoms with E-state index in [0.717, 1.165) is 22.2 Å². The summed E-state index contributed by atoms with van der Waals surface area (Å²) in [6.07, 6.45) is 1.71. The number of nitrogens with one attached hydrogen (secondary N) is 1. The van der Waals surface area contributed by atoms with Crippen molar-refractivity contribution in [2.75, 3.05) is 5.32 Å². The van der Waals surface area contributed by atoms with Crippen molar-refractivity contribution in [2.24, 2.45) is 0 Å². The molecule has 0 aliphatic carbocycles. The van der Waals surface area contributed by atoms with Gasteiger partial charge in [0, 0.05) is 17.2 Å². The van der Waals surface area contributed by atoms with Crippen LogP contribution in [0.4, 0.5) is 5.69 Å². The quantitative estimate of drug-likeness (QED) is 0.564. The van der Waals surface area contributed by atoms with E-state index < -0.39 is 0 Å². The highest BCUT2D eigenvalue weighted by atomic mass is 16.1. The molecule has 0 saturated carbocycles. The molecule has 1 heterocycles. The van der Waals surface area contributed by atoms with Crippen LogP contribution in [0.5, 0.6) is 0 Å². The predicted octanol–water partition coefficient (Wildman–Crippen LogP) is 4.93. The van der Waals surface area contributed by atoms with Gasteiger partial charge in [0.05, 0.1) is 5.69 Å². The molecule has 3 aromatic carbocycles. The number of hydrogen-bond acceptors (Lipinski definition) is 3.